The molecule has 2 aromatic rings. The lowest BCUT2D eigenvalue weighted by Crippen LogP contribution is -1.87. The number of nitrogens with zero attached hydrogens (tertiary/aromatic N) is 2. The molecule has 2 rings (SSSR count). The van der Waals surface area contributed by atoms with Crippen LogP contribution in [0, 0.1) is 0 Å². The standard InChI is InChI=1S/C13H14N2S/c1-10(2)11-4-6-12(7-5-11)16-13-14-8-3-9-15-13/h3-10H,1-2H3. The van der Waals surface area contributed by atoms with Crippen molar-refractivity contribution in [2.75, 3.05) is 0 Å². The van der Waals surface area contributed by atoms with E-state index in [0.717, 1.165) is 5.16 Å². The first-order valence-corrected chi connectivity index (χ1v) is 6.12. The average Bonchev–Trinajstić information content (AvgIpc) is 2.31. The van der Waals surface area contributed by atoms with Crippen LogP contribution in [0.15, 0.2) is 52.8 Å². The van der Waals surface area contributed by atoms with Gasteiger partial charge in [-0.2, -0.15) is 0 Å². The summed E-state index contributed by atoms with van der Waals surface area (Å²) in [7, 11) is 0. The lowest BCUT2D eigenvalue weighted by atomic mass is 10.0. The summed E-state index contributed by atoms with van der Waals surface area (Å²) in [6.07, 6.45) is 3.52. The summed E-state index contributed by atoms with van der Waals surface area (Å²) in [6, 6.07) is 10.4. The molecule has 0 atom stereocenters. The minimum atomic E-state index is 0.576. The fourth-order valence-electron chi connectivity index (χ4n) is 1.36. The number of benzene rings is 1. The number of hydrogen-bond donors (Lipinski definition) is 0. The van der Waals surface area contributed by atoms with Crippen LogP contribution in [0.2, 0.25) is 0 Å². The van der Waals surface area contributed by atoms with Crippen molar-refractivity contribution < 1.29 is 0 Å². The molecule has 0 N–H and O–H groups in total. The Morgan fingerprint density at radius 2 is 1.62 bits per heavy atom. The van der Waals surface area contributed by atoms with Gasteiger partial charge >= 0.3 is 0 Å². The zero-order chi connectivity index (χ0) is 11.4. The van der Waals surface area contributed by atoms with E-state index < -0.39 is 0 Å². The molecular weight excluding hydrogens is 216 g/mol. The minimum Gasteiger partial charge on any atom is -0.231 e. The number of rotatable bonds is 3. The van der Waals surface area contributed by atoms with Crippen LogP contribution >= 0.6 is 11.8 Å². The second kappa shape index (κ2) is 5.12. The molecule has 3 heteroatoms. The molecular formula is C13H14N2S. The van der Waals surface area contributed by atoms with E-state index in [0.29, 0.717) is 5.92 Å². The molecule has 2 nitrogen and oxygen atoms in total. The van der Waals surface area contributed by atoms with E-state index in [2.05, 4.69) is 48.1 Å². The Morgan fingerprint density at radius 1 is 1.00 bits per heavy atom. The average molecular weight is 230 g/mol. The largest absolute Gasteiger partial charge is 0.231 e. The van der Waals surface area contributed by atoms with Gasteiger partial charge in [0.1, 0.15) is 0 Å². The Balaban J connectivity index is 2.11. The Bertz CT molecular complexity index is 437. The molecule has 16 heavy (non-hydrogen) atoms. The lowest BCUT2D eigenvalue weighted by molar-refractivity contribution is 0.864. The molecule has 1 heterocycles. The summed E-state index contributed by atoms with van der Waals surface area (Å²) in [5.74, 6) is 0.576. The van der Waals surface area contributed by atoms with Crippen LogP contribution in [-0.4, -0.2) is 9.97 Å². The molecule has 0 unspecified atom stereocenters. The van der Waals surface area contributed by atoms with Crippen molar-refractivity contribution in [2.45, 2.75) is 29.8 Å². The molecule has 0 saturated heterocycles. The Kier molecular flexibility index (Phi) is 3.57. The van der Waals surface area contributed by atoms with Crippen LogP contribution in [0.25, 0.3) is 0 Å². The van der Waals surface area contributed by atoms with Gasteiger partial charge in [0, 0.05) is 17.3 Å². The summed E-state index contributed by atoms with van der Waals surface area (Å²) in [4.78, 5) is 9.54. The Hall–Kier alpha value is -1.35. The SMILES string of the molecule is CC(C)c1ccc(Sc2ncccn2)cc1. The van der Waals surface area contributed by atoms with Crippen molar-refractivity contribution in [3.8, 4) is 0 Å². The Labute approximate surface area is 100 Å². The van der Waals surface area contributed by atoms with Crippen molar-refractivity contribution in [3.63, 3.8) is 0 Å². The number of hydrogen-bond acceptors (Lipinski definition) is 3. The fourth-order valence-corrected chi connectivity index (χ4v) is 2.07. The van der Waals surface area contributed by atoms with E-state index in [-0.39, 0.29) is 0 Å². The Morgan fingerprint density at radius 3 is 2.19 bits per heavy atom. The first-order valence-electron chi connectivity index (χ1n) is 5.30. The van der Waals surface area contributed by atoms with Gasteiger partial charge in [0.05, 0.1) is 0 Å². The first-order chi connectivity index (χ1) is 7.75. The molecule has 0 aliphatic heterocycles. The van der Waals surface area contributed by atoms with Gasteiger partial charge in [0.2, 0.25) is 0 Å². The molecule has 0 spiro atoms. The third-order valence-corrected chi connectivity index (χ3v) is 3.20. The number of aromatic nitrogens is 2. The predicted octanol–water partition coefficient (Wildman–Crippen LogP) is 3.75. The summed E-state index contributed by atoms with van der Waals surface area (Å²) in [5.41, 5.74) is 1.36. The molecule has 0 aliphatic carbocycles. The minimum absolute atomic E-state index is 0.576. The van der Waals surface area contributed by atoms with Crippen LogP contribution in [0.1, 0.15) is 25.3 Å². The van der Waals surface area contributed by atoms with E-state index >= 15 is 0 Å². The van der Waals surface area contributed by atoms with E-state index in [9.17, 15) is 0 Å². The molecule has 82 valence electrons. The van der Waals surface area contributed by atoms with Crippen LogP contribution in [-0.2, 0) is 0 Å². The lowest BCUT2D eigenvalue weighted by Gasteiger charge is -2.05. The van der Waals surface area contributed by atoms with E-state index in [1.807, 2.05) is 6.07 Å². The quantitative estimate of drug-likeness (QED) is 0.751. The second-order valence-electron chi connectivity index (χ2n) is 3.86. The summed E-state index contributed by atoms with van der Waals surface area (Å²) >= 11 is 1.59. The second-order valence-corrected chi connectivity index (χ2v) is 4.90. The summed E-state index contributed by atoms with van der Waals surface area (Å²) < 4.78 is 0. The van der Waals surface area contributed by atoms with Crippen molar-refractivity contribution in [2.24, 2.45) is 0 Å². The highest BCUT2D eigenvalue weighted by atomic mass is 32.2. The first kappa shape index (κ1) is 11.1. The maximum atomic E-state index is 4.18. The zero-order valence-electron chi connectivity index (χ0n) is 9.42. The topological polar surface area (TPSA) is 25.8 Å². The van der Waals surface area contributed by atoms with Gasteiger partial charge in [-0.25, -0.2) is 9.97 Å². The monoisotopic (exact) mass is 230 g/mol. The van der Waals surface area contributed by atoms with Crippen LogP contribution in [0.5, 0.6) is 0 Å². The maximum absolute atomic E-state index is 4.18. The highest BCUT2D eigenvalue weighted by molar-refractivity contribution is 7.99. The van der Waals surface area contributed by atoms with Gasteiger partial charge in [-0.05, 0) is 41.4 Å². The molecule has 1 aromatic carbocycles. The van der Waals surface area contributed by atoms with Gasteiger partial charge in [-0.1, -0.05) is 26.0 Å². The van der Waals surface area contributed by atoms with Crippen molar-refractivity contribution in [3.05, 3.63) is 48.3 Å². The molecule has 1 aromatic heterocycles. The normalized spacial score (nSPS) is 10.7. The van der Waals surface area contributed by atoms with E-state index in [1.54, 1.807) is 24.2 Å². The molecule has 0 aliphatic rings. The predicted molar refractivity (Wildman–Crippen MR) is 66.7 cm³/mol. The van der Waals surface area contributed by atoms with Gasteiger partial charge in [0.25, 0.3) is 0 Å². The molecule has 0 amide bonds. The summed E-state index contributed by atoms with van der Waals surface area (Å²) in [5, 5.41) is 0.791. The molecule has 0 bridgehead atoms. The van der Waals surface area contributed by atoms with Crippen molar-refractivity contribution >= 4 is 11.8 Å². The van der Waals surface area contributed by atoms with Gasteiger partial charge in [-0.15, -0.1) is 0 Å². The molecule has 0 saturated carbocycles. The fraction of sp³-hybridized carbons (Fsp3) is 0.231. The maximum Gasteiger partial charge on any atom is 0.192 e. The van der Waals surface area contributed by atoms with Crippen LogP contribution in [0.4, 0.5) is 0 Å². The third kappa shape index (κ3) is 2.83. The van der Waals surface area contributed by atoms with Crippen molar-refractivity contribution in [1.29, 1.82) is 0 Å². The third-order valence-electron chi connectivity index (χ3n) is 2.30. The van der Waals surface area contributed by atoms with E-state index in [1.165, 1.54) is 10.5 Å². The highest BCUT2D eigenvalue weighted by Crippen LogP contribution is 2.25. The molecule has 0 radical (unpaired) electrons. The van der Waals surface area contributed by atoms with E-state index in [4.69, 9.17) is 0 Å². The zero-order valence-corrected chi connectivity index (χ0v) is 10.2. The molecule has 0 fully saturated rings. The highest BCUT2D eigenvalue weighted by Gasteiger charge is 2.01. The van der Waals surface area contributed by atoms with Gasteiger partial charge in [0.15, 0.2) is 5.16 Å². The van der Waals surface area contributed by atoms with Gasteiger partial charge in [-0.3, -0.25) is 0 Å². The van der Waals surface area contributed by atoms with Crippen molar-refractivity contribution in [1.82, 2.24) is 9.97 Å². The van der Waals surface area contributed by atoms with Crippen LogP contribution < -0.4 is 0 Å². The smallest absolute Gasteiger partial charge is 0.192 e. The van der Waals surface area contributed by atoms with Gasteiger partial charge < -0.3 is 0 Å². The van der Waals surface area contributed by atoms with Crippen LogP contribution in [0.3, 0.4) is 0 Å². The summed E-state index contributed by atoms with van der Waals surface area (Å²) in [6.45, 7) is 4.39.